The monoisotopic (exact) mass is 677 g/mol. The molecule has 1 heteroatoms. The Hall–Kier alpha value is -6.18. The van der Waals surface area contributed by atoms with Crippen molar-refractivity contribution in [2.45, 2.75) is 38.5 Å². The van der Waals surface area contributed by atoms with Gasteiger partial charge in [-0.15, -0.1) is 0 Å². The first-order valence-electron chi connectivity index (χ1n) is 18.9. The fourth-order valence-corrected chi connectivity index (χ4v) is 10.0. The summed E-state index contributed by atoms with van der Waals surface area (Å²) in [6.45, 7) is 9.66. The van der Waals surface area contributed by atoms with E-state index < -0.39 is 0 Å². The van der Waals surface area contributed by atoms with E-state index in [-0.39, 0.29) is 10.8 Å². The molecule has 0 saturated carbocycles. The average Bonchev–Trinajstić information content (AvgIpc) is 3.56. The van der Waals surface area contributed by atoms with E-state index in [4.69, 9.17) is 0 Å². The Kier molecular flexibility index (Phi) is 6.14. The number of anilines is 3. The Morgan fingerprint density at radius 2 is 0.849 bits per heavy atom. The topological polar surface area (TPSA) is 3.24 Å². The van der Waals surface area contributed by atoms with Gasteiger partial charge in [-0.25, -0.2) is 0 Å². The van der Waals surface area contributed by atoms with Crippen LogP contribution in [-0.4, -0.2) is 0 Å². The predicted octanol–water partition coefficient (Wildman–Crippen LogP) is 14.4. The van der Waals surface area contributed by atoms with Gasteiger partial charge >= 0.3 is 0 Å². The van der Waals surface area contributed by atoms with Crippen molar-refractivity contribution in [3.05, 3.63) is 186 Å². The molecular weight excluding hydrogens is 639 g/mol. The molecule has 0 unspecified atom stereocenters. The molecule has 2 aliphatic rings. The standard InChI is InChI=1S/C52H39N/c1-51(2)43-29-34-18-9-8-17-33(34)28-42(43)49-40-25-15-13-23-38(40)46(30-44(49)51)53(35-19-6-5-7-20-35)47-31-45-48(39-24-14-12-22-37(39)47)41-27-26-32-16-10-11-21-36(32)50(41)52(45,3)4/h5-31H,1-4H3. The van der Waals surface area contributed by atoms with Crippen LogP contribution < -0.4 is 4.90 Å². The number of nitrogens with zero attached hydrogens (tertiary/aromatic N) is 1. The molecule has 0 heterocycles. The second kappa shape index (κ2) is 10.7. The van der Waals surface area contributed by atoms with Crippen molar-refractivity contribution < 1.29 is 0 Å². The lowest BCUT2D eigenvalue weighted by molar-refractivity contribution is 0.661. The van der Waals surface area contributed by atoms with Crippen molar-refractivity contribution in [3.63, 3.8) is 0 Å². The molecule has 0 atom stereocenters. The van der Waals surface area contributed by atoms with Gasteiger partial charge in [-0.1, -0.05) is 155 Å². The van der Waals surface area contributed by atoms with Crippen LogP contribution >= 0.6 is 0 Å². The van der Waals surface area contributed by atoms with Crippen LogP contribution in [0, 0.1) is 0 Å². The van der Waals surface area contributed by atoms with E-state index in [2.05, 4.69) is 196 Å². The van der Waals surface area contributed by atoms with Gasteiger partial charge in [0.25, 0.3) is 0 Å². The quantitative estimate of drug-likeness (QED) is 0.180. The van der Waals surface area contributed by atoms with Crippen LogP contribution in [0.15, 0.2) is 164 Å². The van der Waals surface area contributed by atoms with Crippen molar-refractivity contribution in [2.75, 3.05) is 4.90 Å². The number of benzene rings is 9. The summed E-state index contributed by atoms with van der Waals surface area (Å²) in [4.78, 5) is 2.55. The third-order valence-electron chi connectivity index (χ3n) is 12.5. The molecule has 0 bridgehead atoms. The van der Waals surface area contributed by atoms with Crippen LogP contribution in [0.4, 0.5) is 17.1 Å². The van der Waals surface area contributed by atoms with Gasteiger partial charge in [-0.3, -0.25) is 0 Å². The van der Waals surface area contributed by atoms with Gasteiger partial charge in [0.2, 0.25) is 0 Å². The smallest absolute Gasteiger partial charge is 0.0543 e. The van der Waals surface area contributed by atoms with E-state index in [1.165, 1.54) is 99.0 Å². The van der Waals surface area contributed by atoms with Crippen molar-refractivity contribution in [1.29, 1.82) is 0 Å². The largest absolute Gasteiger partial charge is 0.309 e. The maximum absolute atomic E-state index is 2.55. The minimum absolute atomic E-state index is 0.180. The van der Waals surface area contributed by atoms with E-state index in [0.717, 1.165) is 5.69 Å². The third-order valence-corrected chi connectivity index (χ3v) is 12.5. The second-order valence-corrected chi connectivity index (χ2v) is 16.1. The van der Waals surface area contributed by atoms with Crippen LogP contribution in [0.1, 0.15) is 49.9 Å². The summed E-state index contributed by atoms with van der Waals surface area (Å²) in [5, 5.41) is 10.3. The molecule has 0 aliphatic heterocycles. The highest BCUT2D eigenvalue weighted by atomic mass is 15.1. The predicted molar refractivity (Wildman–Crippen MR) is 226 cm³/mol. The molecule has 9 aromatic carbocycles. The Morgan fingerprint density at radius 3 is 1.49 bits per heavy atom. The van der Waals surface area contributed by atoms with Crippen LogP contribution in [0.25, 0.3) is 65.3 Å². The molecule has 0 amide bonds. The van der Waals surface area contributed by atoms with Gasteiger partial charge in [-0.05, 0) is 113 Å². The zero-order chi connectivity index (χ0) is 35.6. The molecule has 252 valence electrons. The zero-order valence-electron chi connectivity index (χ0n) is 30.5. The van der Waals surface area contributed by atoms with Crippen molar-refractivity contribution in [3.8, 4) is 22.3 Å². The molecule has 2 aliphatic carbocycles. The van der Waals surface area contributed by atoms with Gasteiger partial charge in [0.1, 0.15) is 0 Å². The molecule has 0 saturated heterocycles. The molecule has 0 aromatic heterocycles. The van der Waals surface area contributed by atoms with E-state index >= 15 is 0 Å². The zero-order valence-corrected chi connectivity index (χ0v) is 30.5. The first kappa shape index (κ1) is 30.4. The first-order chi connectivity index (χ1) is 25.8. The lowest BCUT2D eigenvalue weighted by atomic mass is 9.79. The van der Waals surface area contributed by atoms with Gasteiger partial charge in [0, 0.05) is 27.3 Å². The summed E-state index contributed by atoms with van der Waals surface area (Å²) in [7, 11) is 0. The summed E-state index contributed by atoms with van der Waals surface area (Å²) >= 11 is 0. The molecule has 1 nitrogen and oxygen atoms in total. The van der Waals surface area contributed by atoms with Gasteiger partial charge in [0.05, 0.1) is 11.4 Å². The first-order valence-corrected chi connectivity index (χ1v) is 18.9. The fourth-order valence-electron chi connectivity index (χ4n) is 10.0. The molecule has 11 rings (SSSR count). The van der Waals surface area contributed by atoms with Crippen LogP contribution in [0.3, 0.4) is 0 Å². The number of hydrogen-bond acceptors (Lipinski definition) is 1. The van der Waals surface area contributed by atoms with Crippen LogP contribution in [0.2, 0.25) is 0 Å². The number of fused-ring (bicyclic) bond motifs is 13. The van der Waals surface area contributed by atoms with E-state index in [0.29, 0.717) is 0 Å². The number of rotatable bonds is 3. The summed E-state index contributed by atoms with van der Waals surface area (Å²) in [5.41, 5.74) is 14.2. The maximum atomic E-state index is 2.55. The van der Waals surface area contributed by atoms with E-state index in [9.17, 15) is 0 Å². The Labute approximate surface area is 310 Å². The highest BCUT2D eigenvalue weighted by Crippen LogP contribution is 2.58. The highest BCUT2D eigenvalue weighted by molar-refractivity contribution is 6.15. The van der Waals surface area contributed by atoms with Crippen molar-refractivity contribution in [1.82, 2.24) is 0 Å². The van der Waals surface area contributed by atoms with Crippen molar-refractivity contribution in [2.24, 2.45) is 0 Å². The van der Waals surface area contributed by atoms with Crippen molar-refractivity contribution >= 4 is 60.2 Å². The lowest BCUT2D eigenvalue weighted by Crippen LogP contribution is -2.18. The summed E-state index contributed by atoms with van der Waals surface area (Å²) < 4.78 is 0. The molecule has 0 spiro atoms. The average molecular weight is 678 g/mol. The Bertz CT molecular complexity index is 3000. The number of hydrogen-bond donors (Lipinski definition) is 0. The molecular formula is C52H39N. The van der Waals surface area contributed by atoms with Gasteiger partial charge in [-0.2, -0.15) is 0 Å². The third kappa shape index (κ3) is 4.08. The molecule has 0 N–H and O–H groups in total. The maximum Gasteiger partial charge on any atom is 0.0543 e. The normalized spacial score (nSPS) is 14.7. The number of para-hydroxylation sites is 1. The Balaban J connectivity index is 1.24. The van der Waals surface area contributed by atoms with Crippen LogP contribution in [0.5, 0.6) is 0 Å². The minimum atomic E-state index is -0.196. The summed E-state index contributed by atoms with van der Waals surface area (Å²) in [5.74, 6) is 0. The van der Waals surface area contributed by atoms with E-state index in [1.54, 1.807) is 0 Å². The molecule has 0 fully saturated rings. The SMILES string of the molecule is CC1(C)c2cc3ccccc3cc2-c2c1cc(N(c1ccccc1)c1cc3c(c4ccccc14)-c1ccc4ccccc4c1C3(C)C)c1ccccc21. The lowest BCUT2D eigenvalue weighted by Gasteiger charge is -2.32. The Morgan fingerprint density at radius 1 is 0.358 bits per heavy atom. The van der Waals surface area contributed by atoms with Crippen LogP contribution in [-0.2, 0) is 10.8 Å². The van der Waals surface area contributed by atoms with Gasteiger partial charge < -0.3 is 4.90 Å². The summed E-state index contributed by atoms with van der Waals surface area (Å²) in [6, 6.07) is 61.4. The second-order valence-electron chi connectivity index (χ2n) is 16.1. The molecule has 53 heavy (non-hydrogen) atoms. The summed E-state index contributed by atoms with van der Waals surface area (Å²) in [6.07, 6.45) is 0. The van der Waals surface area contributed by atoms with E-state index in [1.807, 2.05) is 0 Å². The molecule has 9 aromatic rings. The fraction of sp³-hybridized carbons (Fsp3) is 0.115. The van der Waals surface area contributed by atoms with Gasteiger partial charge in [0.15, 0.2) is 0 Å². The minimum Gasteiger partial charge on any atom is -0.309 e. The molecule has 0 radical (unpaired) electrons. The highest BCUT2D eigenvalue weighted by Gasteiger charge is 2.41.